The lowest BCUT2D eigenvalue weighted by atomic mass is 9.85. The van der Waals surface area contributed by atoms with Crippen molar-refractivity contribution in [3.63, 3.8) is 0 Å². The van der Waals surface area contributed by atoms with Gasteiger partial charge in [-0.3, -0.25) is 4.68 Å². The Bertz CT molecular complexity index is 450. The lowest BCUT2D eigenvalue weighted by Gasteiger charge is -2.32. The maximum absolute atomic E-state index is 10.5. The lowest BCUT2D eigenvalue weighted by molar-refractivity contribution is 0.00466. The Morgan fingerprint density at radius 2 is 2.00 bits per heavy atom. The van der Waals surface area contributed by atoms with E-state index in [1.807, 2.05) is 7.05 Å². The second kappa shape index (κ2) is 6.46. The van der Waals surface area contributed by atoms with Gasteiger partial charge in [-0.15, -0.1) is 0 Å². The van der Waals surface area contributed by atoms with Crippen molar-refractivity contribution in [2.75, 3.05) is 6.54 Å². The van der Waals surface area contributed by atoms with Crippen LogP contribution in [0.4, 0.5) is 0 Å². The number of nitrogens with one attached hydrogen (secondary N) is 1. The van der Waals surface area contributed by atoms with Crippen molar-refractivity contribution < 1.29 is 5.11 Å². The van der Waals surface area contributed by atoms with Crippen LogP contribution in [0.15, 0.2) is 0 Å². The zero-order chi connectivity index (χ0) is 14.8. The van der Waals surface area contributed by atoms with Crippen LogP contribution in [0, 0.1) is 0 Å². The van der Waals surface area contributed by atoms with Crippen LogP contribution in [0.25, 0.3) is 0 Å². The fourth-order valence-electron chi connectivity index (χ4n) is 3.00. The second-order valence-corrected chi connectivity index (χ2v) is 6.68. The van der Waals surface area contributed by atoms with E-state index in [9.17, 15) is 5.11 Å². The number of halogens is 1. The molecular formula is C15H26ClN3O. The van der Waals surface area contributed by atoms with Gasteiger partial charge in [0.2, 0.25) is 0 Å². The highest BCUT2D eigenvalue weighted by Gasteiger charge is 2.28. The summed E-state index contributed by atoms with van der Waals surface area (Å²) in [5.41, 5.74) is 1.56. The summed E-state index contributed by atoms with van der Waals surface area (Å²) in [6.45, 7) is 5.55. The van der Waals surface area contributed by atoms with Gasteiger partial charge < -0.3 is 10.4 Å². The third-order valence-electron chi connectivity index (χ3n) is 4.19. The highest BCUT2D eigenvalue weighted by Crippen LogP contribution is 2.28. The summed E-state index contributed by atoms with van der Waals surface area (Å²) in [7, 11) is 1.87. The van der Waals surface area contributed by atoms with Crippen molar-refractivity contribution in [1.29, 1.82) is 0 Å². The molecule has 0 aromatic carbocycles. The summed E-state index contributed by atoms with van der Waals surface area (Å²) in [6, 6.07) is 0. The molecule has 114 valence electrons. The monoisotopic (exact) mass is 299 g/mol. The molecule has 2 N–H and O–H groups in total. The summed E-state index contributed by atoms with van der Waals surface area (Å²) in [5, 5.41) is 19.0. The van der Waals surface area contributed by atoms with E-state index in [1.165, 1.54) is 6.42 Å². The molecule has 1 fully saturated rings. The molecule has 5 heteroatoms. The normalized spacial score (nSPS) is 18.7. The number of hydrogen-bond donors (Lipinski definition) is 2. The quantitative estimate of drug-likeness (QED) is 0.879. The van der Waals surface area contributed by atoms with Gasteiger partial charge in [0.05, 0.1) is 11.3 Å². The van der Waals surface area contributed by atoms with Gasteiger partial charge in [-0.05, 0) is 18.8 Å². The fraction of sp³-hybridized carbons (Fsp3) is 0.800. The number of aliphatic hydroxyl groups is 1. The first-order valence-corrected chi connectivity index (χ1v) is 7.95. The maximum Gasteiger partial charge on any atom is 0.131 e. The number of rotatable bonds is 5. The molecule has 1 aliphatic rings. The van der Waals surface area contributed by atoms with Gasteiger partial charge >= 0.3 is 0 Å². The average molecular weight is 300 g/mol. The molecule has 2 rings (SSSR count). The minimum absolute atomic E-state index is 0.350. The van der Waals surface area contributed by atoms with Crippen molar-refractivity contribution in [1.82, 2.24) is 15.1 Å². The van der Waals surface area contributed by atoms with Crippen molar-refractivity contribution in [2.45, 2.75) is 64.0 Å². The molecule has 0 radical (unpaired) electrons. The van der Waals surface area contributed by atoms with Gasteiger partial charge in [0.15, 0.2) is 0 Å². The molecule has 0 spiro atoms. The van der Waals surface area contributed by atoms with Crippen LogP contribution >= 0.6 is 11.6 Å². The Balaban J connectivity index is 1.97. The van der Waals surface area contributed by atoms with E-state index < -0.39 is 5.60 Å². The number of nitrogens with zero attached hydrogens (tertiary/aromatic N) is 2. The van der Waals surface area contributed by atoms with Gasteiger partial charge in [0.25, 0.3) is 0 Å². The van der Waals surface area contributed by atoms with Crippen LogP contribution in [0.3, 0.4) is 0 Å². The lowest BCUT2D eigenvalue weighted by Crippen LogP contribution is -2.42. The van der Waals surface area contributed by atoms with Crippen molar-refractivity contribution in [3.05, 3.63) is 16.4 Å². The van der Waals surface area contributed by atoms with E-state index in [0.29, 0.717) is 24.2 Å². The third-order valence-corrected chi connectivity index (χ3v) is 4.66. The van der Waals surface area contributed by atoms with Crippen LogP contribution in [-0.4, -0.2) is 27.0 Å². The van der Waals surface area contributed by atoms with Gasteiger partial charge in [0.1, 0.15) is 5.15 Å². The smallest absolute Gasteiger partial charge is 0.131 e. The molecule has 0 amide bonds. The van der Waals surface area contributed by atoms with Crippen molar-refractivity contribution >= 4 is 11.6 Å². The molecule has 1 heterocycles. The molecule has 1 saturated carbocycles. The van der Waals surface area contributed by atoms with E-state index in [1.54, 1.807) is 4.68 Å². The summed E-state index contributed by atoms with van der Waals surface area (Å²) < 4.78 is 1.73. The Morgan fingerprint density at radius 3 is 2.60 bits per heavy atom. The molecule has 0 aliphatic heterocycles. The van der Waals surface area contributed by atoms with Crippen molar-refractivity contribution in [2.24, 2.45) is 7.05 Å². The summed E-state index contributed by atoms with van der Waals surface area (Å²) in [5.74, 6) is 0.350. The van der Waals surface area contributed by atoms with Crippen LogP contribution < -0.4 is 5.32 Å². The topological polar surface area (TPSA) is 50.1 Å². The van der Waals surface area contributed by atoms with Gasteiger partial charge in [-0.1, -0.05) is 44.7 Å². The van der Waals surface area contributed by atoms with Crippen LogP contribution in [-0.2, 0) is 13.6 Å². The fourth-order valence-corrected chi connectivity index (χ4v) is 3.20. The number of aryl methyl sites for hydroxylation is 1. The Kier molecular flexibility index (Phi) is 5.10. The van der Waals surface area contributed by atoms with E-state index in [4.69, 9.17) is 11.6 Å². The first kappa shape index (κ1) is 15.8. The second-order valence-electron chi connectivity index (χ2n) is 6.32. The maximum atomic E-state index is 10.5. The molecule has 20 heavy (non-hydrogen) atoms. The Labute approximate surface area is 126 Å². The van der Waals surface area contributed by atoms with E-state index in [-0.39, 0.29) is 0 Å². The van der Waals surface area contributed by atoms with E-state index in [0.717, 1.165) is 36.9 Å². The minimum Gasteiger partial charge on any atom is -0.389 e. The predicted molar refractivity (Wildman–Crippen MR) is 82.0 cm³/mol. The molecule has 0 bridgehead atoms. The highest BCUT2D eigenvalue weighted by molar-refractivity contribution is 6.30. The molecule has 0 unspecified atom stereocenters. The number of hydrogen-bond acceptors (Lipinski definition) is 3. The van der Waals surface area contributed by atoms with E-state index >= 15 is 0 Å². The third kappa shape index (κ3) is 3.54. The summed E-state index contributed by atoms with van der Waals surface area (Å²) in [4.78, 5) is 0. The van der Waals surface area contributed by atoms with Crippen molar-refractivity contribution in [3.8, 4) is 0 Å². The summed E-state index contributed by atoms with van der Waals surface area (Å²) in [6.07, 6.45) is 5.30. The standard InChI is InChI=1S/C15H26ClN3O/c1-11(2)13-12(14(16)19(3)18-13)9-17-10-15(20)7-5-4-6-8-15/h11,17,20H,4-10H2,1-3H3. The zero-order valence-corrected chi connectivity index (χ0v) is 13.5. The summed E-state index contributed by atoms with van der Waals surface area (Å²) >= 11 is 6.31. The van der Waals surface area contributed by atoms with Gasteiger partial charge in [-0.25, -0.2) is 0 Å². The Morgan fingerprint density at radius 1 is 1.35 bits per heavy atom. The zero-order valence-electron chi connectivity index (χ0n) is 12.7. The molecule has 0 atom stereocenters. The SMILES string of the molecule is CC(C)c1nn(C)c(Cl)c1CNCC1(O)CCCCC1. The molecule has 1 aromatic heterocycles. The molecule has 1 aromatic rings. The predicted octanol–water partition coefficient (Wildman–Crippen LogP) is 2.98. The minimum atomic E-state index is -0.537. The largest absolute Gasteiger partial charge is 0.389 e. The first-order valence-electron chi connectivity index (χ1n) is 7.57. The highest BCUT2D eigenvalue weighted by atomic mass is 35.5. The molecule has 0 saturated heterocycles. The van der Waals surface area contributed by atoms with Crippen LogP contribution in [0.1, 0.15) is 63.1 Å². The van der Waals surface area contributed by atoms with E-state index in [2.05, 4.69) is 24.3 Å². The molecular weight excluding hydrogens is 274 g/mol. The Hall–Kier alpha value is -0.580. The van der Waals surface area contributed by atoms with Crippen LogP contribution in [0.2, 0.25) is 5.15 Å². The van der Waals surface area contributed by atoms with Gasteiger partial charge in [-0.2, -0.15) is 5.10 Å². The average Bonchev–Trinajstić information content (AvgIpc) is 2.68. The first-order chi connectivity index (χ1) is 9.43. The van der Waals surface area contributed by atoms with Gasteiger partial charge in [0, 0.05) is 25.7 Å². The molecule has 1 aliphatic carbocycles. The number of aromatic nitrogens is 2. The van der Waals surface area contributed by atoms with Crippen LogP contribution in [0.5, 0.6) is 0 Å². The molecule has 4 nitrogen and oxygen atoms in total.